The Balaban J connectivity index is 1.70. The molecular formula is C22H18ClN3O6. The first-order valence-electron chi connectivity index (χ1n) is 9.62. The molecule has 0 fully saturated rings. The van der Waals surface area contributed by atoms with Crippen molar-refractivity contribution in [1.82, 2.24) is 14.9 Å². The summed E-state index contributed by atoms with van der Waals surface area (Å²) in [6.07, 6.45) is 1.60. The van der Waals surface area contributed by atoms with E-state index in [1.807, 2.05) is 18.2 Å². The summed E-state index contributed by atoms with van der Waals surface area (Å²) in [4.78, 5) is 40.7. The van der Waals surface area contributed by atoms with Crippen LogP contribution in [0.15, 0.2) is 47.4 Å². The van der Waals surface area contributed by atoms with Crippen molar-refractivity contribution >= 4 is 23.5 Å². The molecule has 10 heteroatoms. The van der Waals surface area contributed by atoms with Crippen LogP contribution >= 0.6 is 11.6 Å². The Hall–Kier alpha value is -3.69. The average Bonchev–Trinajstić information content (AvgIpc) is 3.26. The fraction of sp³-hybridized carbons (Fsp3) is 0.182. The number of carbonyl (C=O) groups is 2. The van der Waals surface area contributed by atoms with Gasteiger partial charge in [0, 0.05) is 22.3 Å². The molecule has 2 aromatic heterocycles. The van der Waals surface area contributed by atoms with Gasteiger partial charge in [0.2, 0.25) is 0 Å². The van der Waals surface area contributed by atoms with E-state index in [1.165, 1.54) is 4.57 Å². The van der Waals surface area contributed by atoms with E-state index in [0.29, 0.717) is 27.5 Å². The number of hydrogen-bond acceptors (Lipinski definition) is 6. The van der Waals surface area contributed by atoms with Crippen molar-refractivity contribution in [2.45, 2.75) is 19.8 Å². The Morgan fingerprint density at radius 2 is 1.97 bits per heavy atom. The number of pyridine rings is 2. The first-order chi connectivity index (χ1) is 15.4. The minimum atomic E-state index is -1.27. The van der Waals surface area contributed by atoms with Crippen LogP contribution in [-0.2, 0) is 29.3 Å². The van der Waals surface area contributed by atoms with Gasteiger partial charge in [0.05, 0.1) is 31.1 Å². The van der Waals surface area contributed by atoms with Crippen molar-refractivity contribution in [3.05, 3.63) is 80.4 Å². The molecule has 0 atom stereocenters. The number of carboxylic acid groups (broad SMARTS) is 1. The molecule has 0 aliphatic carbocycles. The van der Waals surface area contributed by atoms with Gasteiger partial charge in [-0.2, -0.15) is 0 Å². The van der Waals surface area contributed by atoms with E-state index in [-0.39, 0.29) is 19.8 Å². The lowest BCUT2D eigenvalue weighted by Crippen LogP contribution is -2.37. The second kappa shape index (κ2) is 8.81. The highest BCUT2D eigenvalue weighted by Gasteiger charge is 2.29. The molecule has 9 nitrogen and oxygen atoms in total. The molecule has 3 heterocycles. The standard InChI is InChI=1S/C22H18ClN3O6/c23-15-4-2-1-3-13(15)16-6-5-12(7-24-16)9-26-17-11-32-10-14(17)20(29)19(22(26)31)21(30)25-8-18(27)28/h1-7,29H,8-11H2,(H,25,30)(H,27,28). The van der Waals surface area contributed by atoms with Gasteiger partial charge in [0.1, 0.15) is 17.9 Å². The van der Waals surface area contributed by atoms with Crippen molar-refractivity contribution in [2.75, 3.05) is 6.54 Å². The topological polar surface area (TPSA) is 131 Å². The second-order valence-electron chi connectivity index (χ2n) is 7.14. The van der Waals surface area contributed by atoms with Crippen LogP contribution in [0.4, 0.5) is 0 Å². The molecule has 3 aromatic rings. The number of rotatable bonds is 6. The van der Waals surface area contributed by atoms with Crippen molar-refractivity contribution in [1.29, 1.82) is 0 Å². The number of aliphatic carboxylic acids is 1. The fourth-order valence-corrected chi connectivity index (χ4v) is 3.75. The summed E-state index contributed by atoms with van der Waals surface area (Å²) >= 11 is 6.22. The number of nitrogens with one attached hydrogen (secondary N) is 1. The summed E-state index contributed by atoms with van der Waals surface area (Å²) in [5, 5.41) is 21.9. The third kappa shape index (κ3) is 4.08. The summed E-state index contributed by atoms with van der Waals surface area (Å²) in [7, 11) is 0. The minimum Gasteiger partial charge on any atom is -0.506 e. The normalized spacial score (nSPS) is 12.4. The SMILES string of the molecule is O=C(O)CNC(=O)c1c(O)c2c(n(Cc3ccc(-c4ccccc4Cl)nc3)c1=O)COC2. The number of benzene rings is 1. The molecule has 164 valence electrons. The maximum Gasteiger partial charge on any atom is 0.322 e. The molecule has 1 aliphatic heterocycles. The Bertz CT molecular complexity index is 1270. The van der Waals surface area contributed by atoms with E-state index in [1.54, 1.807) is 24.4 Å². The maximum atomic E-state index is 13.1. The number of carboxylic acids is 1. The minimum absolute atomic E-state index is 0.0321. The molecular weight excluding hydrogens is 438 g/mol. The number of aromatic hydroxyl groups is 1. The molecule has 4 rings (SSSR count). The smallest absolute Gasteiger partial charge is 0.322 e. The predicted octanol–water partition coefficient (Wildman–Crippen LogP) is 2.16. The van der Waals surface area contributed by atoms with E-state index >= 15 is 0 Å². The lowest BCUT2D eigenvalue weighted by atomic mass is 10.1. The Morgan fingerprint density at radius 1 is 1.19 bits per heavy atom. The van der Waals surface area contributed by atoms with E-state index in [2.05, 4.69) is 10.3 Å². The van der Waals surface area contributed by atoms with E-state index in [4.69, 9.17) is 21.4 Å². The number of carbonyl (C=O) groups excluding carboxylic acids is 1. The number of hydrogen-bond donors (Lipinski definition) is 3. The molecule has 0 spiro atoms. The number of fused-ring (bicyclic) bond motifs is 1. The third-order valence-electron chi connectivity index (χ3n) is 5.08. The van der Waals surface area contributed by atoms with Crippen LogP contribution in [0.1, 0.15) is 27.2 Å². The molecule has 1 aliphatic rings. The lowest BCUT2D eigenvalue weighted by Gasteiger charge is -2.15. The highest BCUT2D eigenvalue weighted by molar-refractivity contribution is 6.33. The van der Waals surface area contributed by atoms with Crippen LogP contribution in [0.5, 0.6) is 5.75 Å². The van der Waals surface area contributed by atoms with E-state index in [9.17, 15) is 19.5 Å². The molecule has 32 heavy (non-hydrogen) atoms. The Kier molecular flexibility index (Phi) is 5.93. The molecule has 0 saturated carbocycles. The second-order valence-corrected chi connectivity index (χ2v) is 7.55. The van der Waals surface area contributed by atoms with Crippen LogP contribution < -0.4 is 10.9 Å². The van der Waals surface area contributed by atoms with E-state index < -0.39 is 35.3 Å². The summed E-state index contributed by atoms with van der Waals surface area (Å²) in [6.45, 7) is -0.469. The van der Waals surface area contributed by atoms with Crippen LogP contribution in [0.3, 0.4) is 0 Å². The van der Waals surface area contributed by atoms with Gasteiger partial charge < -0.3 is 24.8 Å². The summed E-state index contributed by atoms with van der Waals surface area (Å²) in [5.41, 5.74) is 1.64. The number of halogens is 1. The molecule has 1 aromatic carbocycles. The lowest BCUT2D eigenvalue weighted by molar-refractivity contribution is -0.135. The third-order valence-corrected chi connectivity index (χ3v) is 5.41. The fourth-order valence-electron chi connectivity index (χ4n) is 3.52. The molecule has 0 radical (unpaired) electrons. The monoisotopic (exact) mass is 455 g/mol. The highest BCUT2D eigenvalue weighted by Crippen LogP contribution is 2.30. The zero-order valence-electron chi connectivity index (χ0n) is 16.7. The molecule has 0 bridgehead atoms. The van der Waals surface area contributed by atoms with Crippen molar-refractivity contribution < 1.29 is 24.5 Å². The van der Waals surface area contributed by atoms with Crippen LogP contribution in [0, 0.1) is 0 Å². The van der Waals surface area contributed by atoms with Gasteiger partial charge in [0.15, 0.2) is 0 Å². The largest absolute Gasteiger partial charge is 0.506 e. The van der Waals surface area contributed by atoms with Crippen molar-refractivity contribution in [3.63, 3.8) is 0 Å². The molecule has 3 N–H and O–H groups in total. The number of ether oxygens (including phenoxy) is 1. The molecule has 0 unspecified atom stereocenters. The van der Waals surface area contributed by atoms with Gasteiger partial charge in [-0.1, -0.05) is 35.9 Å². The van der Waals surface area contributed by atoms with Crippen molar-refractivity contribution in [2.24, 2.45) is 0 Å². The number of aromatic nitrogens is 2. The summed E-state index contributed by atoms with van der Waals surface area (Å²) in [5.74, 6) is -2.73. The quantitative estimate of drug-likeness (QED) is 0.519. The Labute approximate surface area is 186 Å². The van der Waals surface area contributed by atoms with Crippen LogP contribution in [0.2, 0.25) is 5.02 Å². The summed E-state index contributed by atoms with van der Waals surface area (Å²) in [6, 6.07) is 10.9. The maximum absolute atomic E-state index is 13.1. The molecule has 0 saturated heterocycles. The van der Waals surface area contributed by atoms with Gasteiger partial charge in [-0.15, -0.1) is 0 Å². The van der Waals surface area contributed by atoms with E-state index in [0.717, 1.165) is 5.56 Å². The average molecular weight is 456 g/mol. The number of nitrogens with zero attached hydrogens (tertiary/aromatic N) is 2. The van der Waals surface area contributed by atoms with Crippen LogP contribution in [0.25, 0.3) is 11.3 Å². The number of amides is 1. The first kappa shape index (κ1) is 21.5. The predicted molar refractivity (Wildman–Crippen MR) is 115 cm³/mol. The van der Waals surface area contributed by atoms with Gasteiger partial charge in [-0.25, -0.2) is 0 Å². The van der Waals surface area contributed by atoms with Gasteiger partial charge in [-0.3, -0.25) is 19.4 Å². The van der Waals surface area contributed by atoms with Gasteiger partial charge in [-0.05, 0) is 17.7 Å². The zero-order valence-corrected chi connectivity index (χ0v) is 17.4. The Morgan fingerprint density at radius 3 is 2.66 bits per heavy atom. The summed E-state index contributed by atoms with van der Waals surface area (Å²) < 4.78 is 6.71. The van der Waals surface area contributed by atoms with Crippen LogP contribution in [-0.4, -0.2) is 38.2 Å². The van der Waals surface area contributed by atoms with Gasteiger partial charge in [0.25, 0.3) is 11.5 Å². The zero-order chi connectivity index (χ0) is 22.8. The van der Waals surface area contributed by atoms with Crippen molar-refractivity contribution in [3.8, 4) is 17.0 Å². The highest BCUT2D eigenvalue weighted by atomic mass is 35.5. The van der Waals surface area contributed by atoms with Gasteiger partial charge >= 0.3 is 5.97 Å². The molecule has 1 amide bonds. The first-order valence-corrected chi connectivity index (χ1v) is 9.99.